The van der Waals surface area contributed by atoms with Crippen molar-refractivity contribution in [1.29, 1.82) is 0 Å². The van der Waals surface area contributed by atoms with E-state index in [1.54, 1.807) is 6.20 Å². The smallest absolute Gasteiger partial charge is 0.307 e. The van der Waals surface area contributed by atoms with Gasteiger partial charge in [0, 0.05) is 35.3 Å². The molecule has 160 valence electrons. The van der Waals surface area contributed by atoms with Gasteiger partial charge < -0.3 is 9.15 Å². The van der Waals surface area contributed by atoms with Crippen LogP contribution >= 0.6 is 11.6 Å². The van der Waals surface area contributed by atoms with E-state index in [0.717, 1.165) is 40.6 Å². The maximum Gasteiger partial charge on any atom is 0.307 e. The molecular formula is C25H26ClN3O2. The Balaban J connectivity index is 1.57. The van der Waals surface area contributed by atoms with Crippen LogP contribution in [-0.2, 0) is 6.42 Å². The second-order valence-corrected chi connectivity index (χ2v) is 8.24. The van der Waals surface area contributed by atoms with Crippen LogP contribution in [0, 0.1) is 6.92 Å². The van der Waals surface area contributed by atoms with Crippen LogP contribution in [0.1, 0.15) is 43.3 Å². The van der Waals surface area contributed by atoms with E-state index in [1.165, 1.54) is 0 Å². The predicted octanol–water partition coefficient (Wildman–Crippen LogP) is 6.62. The predicted molar refractivity (Wildman–Crippen MR) is 123 cm³/mol. The lowest BCUT2D eigenvalue weighted by Crippen LogP contribution is -2.02. The fourth-order valence-electron chi connectivity index (χ4n) is 3.48. The van der Waals surface area contributed by atoms with Crippen LogP contribution in [0.4, 0.5) is 0 Å². The summed E-state index contributed by atoms with van der Waals surface area (Å²) in [6.45, 7) is 6.86. The molecule has 0 saturated heterocycles. The molecule has 4 rings (SSSR count). The van der Waals surface area contributed by atoms with Gasteiger partial charge >= 0.3 is 6.01 Å². The third kappa shape index (κ3) is 4.83. The van der Waals surface area contributed by atoms with Crippen molar-refractivity contribution in [2.24, 2.45) is 0 Å². The van der Waals surface area contributed by atoms with Crippen LogP contribution in [-0.4, -0.2) is 21.1 Å². The largest absolute Gasteiger partial charge is 0.493 e. The number of halogens is 1. The first kappa shape index (κ1) is 21.2. The molecule has 0 aliphatic heterocycles. The molecule has 2 heterocycles. The van der Waals surface area contributed by atoms with Gasteiger partial charge in [-0.05, 0) is 37.1 Å². The van der Waals surface area contributed by atoms with E-state index in [1.807, 2.05) is 66.2 Å². The van der Waals surface area contributed by atoms with Crippen LogP contribution in [0.15, 0.2) is 65.3 Å². The SMILES string of the molecule is Cc1ccccc1OCCCc1oc(-n2ccnc2C(C)C)nc1-c1ccc(Cl)cc1. The van der Waals surface area contributed by atoms with Crippen molar-refractivity contribution in [2.75, 3.05) is 6.61 Å². The van der Waals surface area contributed by atoms with Crippen LogP contribution < -0.4 is 4.74 Å². The minimum Gasteiger partial charge on any atom is -0.493 e. The molecule has 0 unspecified atom stereocenters. The molecule has 0 atom stereocenters. The quantitative estimate of drug-likeness (QED) is 0.292. The number of oxazole rings is 1. The topological polar surface area (TPSA) is 53.1 Å². The zero-order valence-corrected chi connectivity index (χ0v) is 18.8. The third-order valence-corrected chi connectivity index (χ3v) is 5.35. The first-order valence-electron chi connectivity index (χ1n) is 10.5. The molecule has 0 saturated carbocycles. The summed E-state index contributed by atoms with van der Waals surface area (Å²) in [6, 6.07) is 16.2. The highest BCUT2D eigenvalue weighted by molar-refractivity contribution is 6.30. The van der Waals surface area contributed by atoms with Crippen molar-refractivity contribution in [3.63, 3.8) is 0 Å². The third-order valence-electron chi connectivity index (χ3n) is 5.09. The molecule has 31 heavy (non-hydrogen) atoms. The summed E-state index contributed by atoms with van der Waals surface area (Å²) in [6.07, 6.45) is 5.18. The fraction of sp³-hybridized carbons (Fsp3) is 0.280. The van der Waals surface area contributed by atoms with E-state index in [2.05, 4.69) is 18.8 Å². The summed E-state index contributed by atoms with van der Waals surface area (Å²) in [7, 11) is 0. The second-order valence-electron chi connectivity index (χ2n) is 7.80. The zero-order valence-electron chi connectivity index (χ0n) is 18.0. The molecule has 0 N–H and O–H groups in total. The Kier molecular flexibility index (Phi) is 6.42. The average molecular weight is 436 g/mol. The molecule has 2 aromatic heterocycles. The van der Waals surface area contributed by atoms with E-state index >= 15 is 0 Å². The zero-order chi connectivity index (χ0) is 21.8. The Morgan fingerprint density at radius 3 is 2.61 bits per heavy atom. The summed E-state index contributed by atoms with van der Waals surface area (Å²) < 4.78 is 14.1. The van der Waals surface area contributed by atoms with Gasteiger partial charge in [-0.1, -0.05) is 55.8 Å². The Bertz CT molecular complexity index is 1150. The number of ether oxygens (including phenoxy) is 1. The number of hydrogen-bond donors (Lipinski definition) is 0. The molecule has 0 amide bonds. The van der Waals surface area contributed by atoms with Gasteiger partial charge in [0.2, 0.25) is 0 Å². The Morgan fingerprint density at radius 2 is 1.87 bits per heavy atom. The van der Waals surface area contributed by atoms with Crippen molar-refractivity contribution < 1.29 is 9.15 Å². The van der Waals surface area contributed by atoms with Gasteiger partial charge in [0.25, 0.3) is 0 Å². The van der Waals surface area contributed by atoms with Gasteiger partial charge in [-0.15, -0.1) is 0 Å². The summed E-state index contributed by atoms with van der Waals surface area (Å²) >= 11 is 6.08. The number of aryl methyl sites for hydroxylation is 2. The van der Waals surface area contributed by atoms with Crippen molar-refractivity contribution >= 4 is 11.6 Å². The molecular weight excluding hydrogens is 410 g/mol. The Labute approximate surface area is 187 Å². The molecule has 0 bridgehead atoms. The highest BCUT2D eigenvalue weighted by atomic mass is 35.5. The van der Waals surface area contributed by atoms with Gasteiger partial charge in [0.05, 0.1) is 6.61 Å². The highest BCUT2D eigenvalue weighted by Crippen LogP contribution is 2.29. The molecule has 0 radical (unpaired) electrons. The Morgan fingerprint density at radius 1 is 1.10 bits per heavy atom. The maximum absolute atomic E-state index is 6.23. The number of hydrogen-bond acceptors (Lipinski definition) is 4. The molecule has 6 heteroatoms. The fourth-order valence-corrected chi connectivity index (χ4v) is 3.61. The van der Waals surface area contributed by atoms with E-state index < -0.39 is 0 Å². The number of aromatic nitrogens is 3. The van der Waals surface area contributed by atoms with Gasteiger partial charge in [-0.3, -0.25) is 4.57 Å². The van der Waals surface area contributed by atoms with Crippen molar-refractivity contribution in [3.8, 4) is 23.0 Å². The number of imidazole rings is 1. The lowest BCUT2D eigenvalue weighted by atomic mass is 10.1. The first-order chi connectivity index (χ1) is 15.0. The van der Waals surface area contributed by atoms with Crippen LogP contribution in [0.2, 0.25) is 5.02 Å². The van der Waals surface area contributed by atoms with Gasteiger partial charge in [0.15, 0.2) is 0 Å². The van der Waals surface area contributed by atoms with Crippen molar-refractivity contribution in [1.82, 2.24) is 14.5 Å². The summed E-state index contributed by atoms with van der Waals surface area (Å²) in [5, 5.41) is 0.692. The van der Waals surface area contributed by atoms with E-state index in [-0.39, 0.29) is 5.92 Å². The van der Waals surface area contributed by atoms with E-state index in [4.69, 9.17) is 25.7 Å². The standard InChI is InChI=1S/C25H26ClN3O2/c1-17(2)24-27-14-15-29(24)25-28-23(19-10-12-20(26)13-11-19)22(31-25)9-6-16-30-21-8-5-4-7-18(21)3/h4-5,7-8,10-15,17H,6,9,16H2,1-3H3. The van der Waals surface area contributed by atoms with Gasteiger partial charge in [0.1, 0.15) is 23.0 Å². The molecule has 2 aromatic carbocycles. The lowest BCUT2D eigenvalue weighted by molar-refractivity contribution is 0.304. The minimum atomic E-state index is 0.256. The molecule has 0 spiro atoms. The average Bonchev–Trinajstić information content (AvgIpc) is 3.40. The molecule has 4 aromatic rings. The van der Waals surface area contributed by atoms with Crippen molar-refractivity contribution in [2.45, 2.75) is 39.5 Å². The minimum absolute atomic E-state index is 0.256. The Hall–Kier alpha value is -3.05. The molecule has 0 aliphatic carbocycles. The number of rotatable bonds is 8. The summed E-state index contributed by atoms with van der Waals surface area (Å²) in [5.74, 6) is 2.91. The number of nitrogens with zero attached hydrogens (tertiary/aromatic N) is 3. The molecule has 5 nitrogen and oxygen atoms in total. The normalized spacial score (nSPS) is 11.3. The van der Waals surface area contributed by atoms with Gasteiger partial charge in [-0.2, -0.15) is 4.98 Å². The van der Waals surface area contributed by atoms with E-state index in [0.29, 0.717) is 24.1 Å². The van der Waals surface area contributed by atoms with Crippen LogP contribution in [0.25, 0.3) is 17.3 Å². The summed E-state index contributed by atoms with van der Waals surface area (Å²) in [4.78, 5) is 9.28. The van der Waals surface area contributed by atoms with Crippen molar-refractivity contribution in [3.05, 3.63) is 83.1 Å². The second kappa shape index (κ2) is 9.40. The highest BCUT2D eigenvalue weighted by Gasteiger charge is 2.19. The van der Waals surface area contributed by atoms with Crippen LogP contribution in [0.5, 0.6) is 5.75 Å². The number of benzene rings is 2. The first-order valence-corrected chi connectivity index (χ1v) is 10.9. The molecule has 0 aliphatic rings. The maximum atomic E-state index is 6.23. The monoisotopic (exact) mass is 435 g/mol. The summed E-state index contributed by atoms with van der Waals surface area (Å²) in [5.41, 5.74) is 2.93. The van der Waals surface area contributed by atoms with Crippen LogP contribution in [0.3, 0.4) is 0 Å². The van der Waals surface area contributed by atoms with E-state index in [9.17, 15) is 0 Å². The lowest BCUT2D eigenvalue weighted by Gasteiger charge is -2.08. The van der Waals surface area contributed by atoms with Gasteiger partial charge in [-0.25, -0.2) is 4.98 Å². The number of para-hydroxylation sites is 1. The molecule has 0 fully saturated rings.